The molecule has 0 fully saturated rings. The molecule has 2 aromatic carbocycles. The summed E-state index contributed by atoms with van der Waals surface area (Å²) in [5.41, 5.74) is 3.03. The van der Waals surface area contributed by atoms with Crippen molar-refractivity contribution in [1.82, 2.24) is 10.2 Å². The Morgan fingerprint density at radius 2 is 1.73 bits per heavy atom. The normalized spacial score (nSPS) is 12.7. The molecule has 2 aromatic rings. The molecule has 0 spiro atoms. The van der Waals surface area contributed by atoms with Crippen molar-refractivity contribution in [2.75, 3.05) is 7.11 Å². The molecule has 0 aromatic heterocycles. The number of nitrogens with zero attached hydrogens (tertiary/aromatic N) is 1. The largest absolute Gasteiger partial charge is 0.497 e. The molecule has 2 amide bonds. The lowest BCUT2D eigenvalue weighted by atomic mass is 10.0. The Bertz CT molecular complexity index is 833. The predicted octanol–water partition coefficient (Wildman–Crippen LogP) is 4.27. The maximum atomic E-state index is 13.3. The molecule has 0 unspecified atom stereocenters. The van der Waals surface area contributed by atoms with Crippen LogP contribution in [0, 0.1) is 6.92 Å². The number of aryl methyl sites for hydroxylation is 1. The fourth-order valence-corrected chi connectivity index (χ4v) is 3.39. The minimum Gasteiger partial charge on any atom is -0.497 e. The number of hydrogen-bond acceptors (Lipinski definition) is 3. The summed E-state index contributed by atoms with van der Waals surface area (Å²) in [5.74, 6) is 0.610. The van der Waals surface area contributed by atoms with Crippen LogP contribution in [0.2, 0.25) is 0 Å². The number of benzene rings is 2. The molecule has 30 heavy (non-hydrogen) atoms. The quantitative estimate of drug-likeness (QED) is 0.636. The van der Waals surface area contributed by atoms with E-state index in [0.717, 1.165) is 28.9 Å². The highest BCUT2D eigenvalue weighted by atomic mass is 16.5. The number of rotatable bonds is 10. The number of carbonyl (C=O) groups is 2. The van der Waals surface area contributed by atoms with Gasteiger partial charge in [-0.25, -0.2) is 0 Å². The van der Waals surface area contributed by atoms with Crippen LogP contribution in [0.4, 0.5) is 0 Å². The van der Waals surface area contributed by atoms with Crippen LogP contribution in [0.5, 0.6) is 5.75 Å². The van der Waals surface area contributed by atoms with Gasteiger partial charge in [0.05, 0.1) is 13.5 Å². The van der Waals surface area contributed by atoms with E-state index in [-0.39, 0.29) is 24.3 Å². The molecule has 0 aliphatic carbocycles. The van der Waals surface area contributed by atoms with Gasteiger partial charge < -0.3 is 15.0 Å². The monoisotopic (exact) mass is 410 g/mol. The van der Waals surface area contributed by atoms with Crippen molar-refractivity contribution in [3.63, 3.8) is 0 Å². The first-order valence-corrected chi connectivity index (χ1v) is 10.7. The van der Waals surface area contributed by atoms with Crippen LogP contribution in [0.1, 0.15) is 50.3 Å². The zero-order valence-corrected chi connectivity index (χ0v) is 18.8. The molecule has 5 nitrogen and oxygen atoms in total. The lowest BCUT2D eigenvalue weighted by Crippen LogP contribution is -2.51. The molecule has 0 aliphatic heterocycles. The Morgan fingerprint density at radius 1 is 1.03 bits per heavy atom. The summed E-state index contributed by atoms with van der Waals surface area (Å²) in [4.78, 5) is 28.0. The molecule has 0 bridgehead atoms. The van der Waals surface area contributed by atoms with Crippen molar-refractivity contribution in [1.29, 1.82) is 0 Å². The number of ether oxygens (including phenoxy) is 1. The molecule has 0 saturated heterocycles. The lowest BCUT2D eigenvalue weighted by molar-refractivity contribution is -0.141. The van der Waals surface area contributed by atoms with Crippen molar-refractivity contribution in [3.05, 3.63) is 65.2 Å². The molecular weight excluding hydrogens is 376 g/mol. The van der Waals surface area contributed by atoms with Crippen molar-refractivity contribution >= 4 is 11.8 Å². The van der Waals surface area contributed by atoms with E-state index in [1.807, 2.05) is 76.2 Å². The van der Waals surface area contributed by atoms with Gasteiger partial charge in [0.25, 0.3) is 0 Å². The Labute approximate surface area is 180 Å². The molecule has 2 rings (SSSR count). The number of nitrogens with one attached hydrogen (secondary N) is 1. The van der Waals surface area contributed by atoms with Crippen LogP contribution in [-0.4, -0.2) is 35.9 Å². The second-order valence-corrected chi connectivity index (χ2v) is 7.78. The van der Waals surface area contributed by atoms with Crippen LogP contribution >= 0.6 is 0 Å². The van der Waals surface area contributed by atoms with Gasteiger partial charge in [-0.1, -0.05) is 55.8 Å². The SMILES string of the molecule is CC[C@H](C(=O)N[C@@H](C)CC)N(Cc1ccc(OC)cc1)C(=O)Cc1cccc(C)c1. The summed E-state index contributed by atoms with van der Waals surface area (Å²) in [5, 5.41) is 3.04. The van der Waals surface area contributed by atoms with E-state index in [9.17, 15) is 9.59 Å². The first-order chi connectivity index (χ1) is 14.4. The van der Waals surface area contributed by atoms with Gasteiger partial charge in [-0.3, -0.25) is 9.59 Å². The first-order valence-electron chi connectivity index (χ1n) is 10.7. The number of hydrogen-bond donors (Lipinski definition) is 1. The second-order valence-electron chi connectivity index (χ2n) is 7.78. The average molecular weight is 411 g/mol. The van der Waals surface area contributed by atoms with E-state index < -0.39 is 6.04 Å². The number of amides is 2. The highest BCUT2D eigenvalue weighted by Crippen LogP contribution is 2.18. The number of carbonyl (C=O) groups excluding carboxylic acids is 2. The van der Waals surface area contributed by atoms with E-state index in [0.29, 0.717) is 13.0 Å². The van der Waals surface area contributed by atoms with E-state index in [1.54, 1.807) is 12.0 Å². The summed E-state index contributed by atoms with van der Waals surface area (Å²) in [6.45, 7) is 8.34. The average Bonchev–Trinajstić information content (AvgIpc) is 2.73. The molecule has 5 heteroatoms. The van der Waals surface area contributed by atoms with Crippen LogP contribution < -0.4 is 10.1 Å². The Morgan fingerprint density at radius 3 is 2.30 bits per heavy atom. The number of methoxy groups -OCH3 is 1. The standard InChI is InChI=1S/C25H34N2O3/c1-6-19(4)26-25(29)23(7-2)27(17-20-11-13-22(30-5)14-12-20)24(28)16-21-10-8-9-18(3)15-21/h8-15,19,23H,6-7,16-17H2,1-5H3,(H,26,29)/t19-,23+/m0/s1. The van der Waals surface area contributed by atoms with Gasteiger partial charge in [-0.15, -0.1) is 0 Å². The van der Waals surface area contributed by atoms with Crippen LogP contribution in [0.15, 0.2) is 48.5 Å². The van der Waals surface area contributed by atoms with Crippen molar-refractivity contribution in [2.24, 2.45) is 0 Å². The molecule has 0 aliphatic rings. The highest BCUT2D eigenvalue weighted by Gasteiger charge is 2.29. The van der Waals surface area contributed by atoms with Crippen LogP contribution in [0.3, 0.4) is 0 Å². The van der Waals surface area contributed by atoms with Crippen molar-refractivity contribution in [3.8, 4) is 5.75 Å². The highest BCUT2D eigenvalue weighted by molar-refractivity contribution is 5.88. The van der Waals surface area contributed by atoms with Gasteiger partial charge in [0.15, 0.2) is 0 Å². The third-order valence-corrected chi connectivity index (χ3v) is 5.34. The molecule has 2 atom stereocenters. The van der Waals surface area contributed by atoms with Crippen LogP contribution in [0.25, 0.3) is 0 Å². The van der Waals surface area contributed by atoms with E-state index >= 15 is 0 Å². The Balaban J connectivity index is 2.28. The summed E-state index contributed by atoms with van der Waals surface area (Å²) in [6, 6.07) is 15.1. The van der Waals surface area contributed by atoms with Crippen molar-refractivity contribution in [2.45, 2.75) is 65.6 Å². The molecule has 162 valence electrons. The smallest absolute Gasteiger partial charge is 0.243 e. The van der Waals surface area contributed by atoms with Gasteiger partial charge in [-0.05, 0) is 49.9 Å². The third-order valence-electron chi connectivity index (χ3n) is 5.34. The van der Waals surface area contributed by atoms with Gasteiger partial charge in [0, 0.05) is 12.6 Å². The van der Waals surface area contributed by atoms with Gasteiger partial charge in [-0.2, -0.15) is 0 Å². The fourth-order valence-electron chi connectivity index (χ4n) is 3.39. The van der Waals surface area contributed by atoms with Crippen LogP contribution in [-0.2, 0) is 22.6 Å². The lowest BCUT2D eigenvalue weighted by Gasteiger charge is -2.31. The van der Waals surface area contributed by atoms with E-state index in [4.69, 9.17) is 4.74 Å². The Kier molecular flexibility index (Phi) is 8.90. The maximum Gasteiger partial charge on any atom is 0.243 e. The zero-order chi connectivity index (χ0) is 22.1. The third kappa shape index (κ3) is 6.61. The van der Waals surface area contributed by atoms with Gasteiger partial charge in [0.2, 0.25) is 11.8 Å². The summed E-state index contributed by atoms with van der Waals surface area (Å²) in [7, 11) is 1.62. The minimum atomic E-state index is -0.515. The first kappa shape index (κ1) is 23.5. The fraction of sp³-hybridized carbons (Fsp3) is 0.440. The molecule has 0 heterocycles. The van der Waals surface area contributed by atoms with Gasteiger partial charge >= 0.3 is 0 Å². The predicted molar refractivity (Wildman–Crippen MR) is 120 cm³/mol. The van der Waals surface area contributed by atoms with E-state index in [1.165, 1.54) is 0 Å². The molecule has 0 saturated carbocycles. The van der Waals surface area contributed by atoms with E-state index in [2.05, 4.69) is 5.32 Å². The summed E-state index contributed by atoms with van der Waals surface area (Å²) < 4.78 is 5.23. The zero-order valence-electron chi connectivity index (χ0n) is 18.8. The summed E-state index contributed by atoms with van der Waals surface area (Å²) >= 11 is 0. The van der Waals surface area contributed by atoms with Gasteiger partial charge in [0.1, 0.15) is 11.8 Å². The summed E-state index contributed by atoms with van der Waals surface area (Å²) in [6.07, 6.45) is 1.67. The maximum absolute atomic E-state index is 13.3. The molecular formula is C25H34N2O3. The topological polar surface area (TPSA) is 58.6 Å². The Hall–Kier alpha value is -2.82. The molecule has 0 radical (unpaired) electrons. The van der Waals surface area contributed by atoms with Crippen molar-refractivity contribution < 1.29 is 14.3 Å². The minimum absolute atomic E-state index is 0.0532. The second kappa shape index (κ2) is 11.4. The molecule has 1 N–H and O–H groups in total.